The standard InChI is InChI=1S/C59H92N2O8/c1-17-22-41-23-25-43(26-24-41)51(63)67-45-29-27-44(28-30-45)66-32-21-19-18-20-31-59(52(64)68-46-33-40(2)60(15)56(9,10)37-46,53(65)69-47-38-57(11,12)61(16)58(13,14)39-47)36-42-34-48(54(3,4)5)50(62)49(35-42)55(6,7)8/h27-30,34-35,41,43,46-47,62H,2,17-26,31-33,36-39H2,1,3-16H3. The van der Waals surface area contributed by atoms with E-state index in [4.69, 9.17) is 18.9 Å². The Bertz CT molecular complexity index is 2030. The molecule has 3 aliphatic rings. The second kappa shape index (κ2) is 22.2. The molecule has 0 amide bonds. The van der Waals surface area contributed by atoms with Crippen LogP contribution in [0.3, 0.4) is 0 Å². The topological polar surface area (TPSA) is 115 Å². The highest BCUT2D eigenvalue weighted by atomic mass is 16.6. The van der Waals surface area contributed by atoms with Crippen molar-refractivity contribution < 1.29 is 38.4 Å². The minimum atomic E-state index is -1.66. The summed E-state index contributed by atoms with van der Waals surface area (Å²) in [4.78, 5) is 48.3. The van der Waals surface area contributed by atoms with Crippen LogP contribution in [0.25, 0.3) is 0 Å². The third-order valence-electron chi connectivity index (χ3n) is 16.1. The molecule has 10 heteroatoms. The summed E-state index contributed by atoms with van der Waals surface area (Å²) in [6.07, 6.45) is 11.1. The van der Waals surface area contributed by atoms with E-state index in [1.54, 1.807) is 12.1 Å². The number of carbonyl (C=O) groups is 3. The summed E-state index contributed by atoms with van der Waals surface area (Å²) >= 11 is 0. The van der Waals surface area contributed by atoms with Crippen LogP contribution in [0.2, 0.25) is 0 Å². The molecule has 386 valence electrons. The van der Waals surface area contributed by atoms with Gasteiger partial charge in [-0.05, 0) is 151 Å². The summed E-state index contributed by atoms with van der Waals surface area (Å²) in [5.41, 5.74) is -0.0997. The van der Waals surface area contributed by atoms with Gasteiger partial charge in [-0.3, -0.25) is 19.3 Å². The van der Waals surface area contributed by atoms with E-state index in [9.17, 15) is 9.90 Å². The molecule has 2 atom stereocenters. The van der Waals surface area contributed by atoms with E-state index in [0.717, 1.165) is 73.3 Å². The van der Waals surface area contributed by atoms with Crippen LogP contribution in [-0.2, 0) is 41.1 Å². The van der Waals surface area contributed by atoms with Crippen molar-refractivity contribution in [2.24, 2.45) is 17.3 Å². The number of hydrogen-bond donors (Lipinski definition) is 1. The molecule has 1 saturated carbocycles. The molecule has 2 aromatic rings. The van der Waals surface area contributed by atoms with Crippen molar-refractivity contribution in [2.45, 2.75) is 232 Å². The maximum Gasteiger partial charge on any atom is 0.324 e. The van der Waals surface area contributed by atoms with Crippen molar-refractivity contribution in [3.05, 3.63) is 65.4 Å². The number of phenols is 1. The third-order valence-corrected chi connectivity index (χ3v) is 16.1. The van der Waals surface area contributed by atoms with Gasteiger partial charge in [0.2, 0.25) is 0 Å². The number of nitrogens with zero attached hydrogens (tertiary/aromatic N) is 2. The number of esters is 3. The molecule has 0 radical (unpaired) electrons. The van der Waals surface area contributed by atoms with E-state index in [2.05, 4.69) is 113 Å². The number of carbonyl (C=O) groups excluding carboxylic acids is 3. The van der Waals surface area contributed by atoms with Gasteiger partial charge in [0.15, 0.2) is 5.41 Å². The molecule has 2 aliphatic heterocycles. The fraction of sp³-hybridized carbons (Fsp3) is 0.712. The molecule has 0 spiro atoms. The SMILES string of the molecule is C=C1CC(OC(=O)C(CCCCCCOc2ccc(OC(=O)C3CCC(CCC)CC3)cc2)(Cc2cc(C(C)(C)C)c(O)c(C(C)(C)C)c2)C(=O)OC2CC(C)(C)N(C)C(C)(C)C2)CC(C)(C)N1C. The van der Waals surface area contributed by atoms with Crippen LogP contribution in [0.4, 0.5) is 0 Å². The van der Waals surface area contributed by atoms with Gasteiger partial charge >= 0.3 is 17.9 Å². The van der Waals surface area contributed by atoms with Crippen LogP contribution in [0, 0.1) is 17.3 Å². The molecule has 1 aliphatic carbocycles. The van der Waals surface area contributed by atoms with Gasteiger partial charge in [0, 0.05) is 55.0 Å². The molecular weight excluding hydrogens is 865 g/mol. The number of unbranched alkanes of at least 4 members (excludes halogenated alkanes) is 3. The number of aromatic hydroxyl groups is 1. The van der Waals surface area contributed by atoms with Crippen LogP contribution in [0.15, 0.2) is 48.7 Å². The number of benzene rings is 2. The molecule has 2 heterocycles. The molecule has 5 rings (SSSR count). The van der Waals surface area contributed by atoms with E-state index in [-0.39, 0.29) is 47.1 Å². The zero-order chi connectivity index (χ0) is 51.3. The minimum Gasteiger partial charge on any atom is -0.507 e. The lowest BCUT2D eigenvalue weighted by molar-refractivity contribution is -0.186. The summed E-state index contributed by atoms with van der Waals surface area (Å²) in [6.45, 7) is 32.4. The molecule has 0 aromatic heterocycles. The van der Waals surface area contributed by atoms with Crippen LogP contribution in [0.1, 0.15) is 203 Å². The fourth-order valence-corrected chi connectivity index (χ4v) is 11.3. The van der Waals surface area contributed by atoms with E-state index in [1.165, 1.54) is 12.8 Å². The monoisotopic (exact) mass is 957 g/mol. The molecule has 69 heavy (non-hydrogen) atoms. The highest BCUT2D eigenvalue weighted by molar-refractivity contribution is 6.00. The highest BCUT2D eigenvalue weighted by Crippen LogP contribution is 2.45. The Kier molecular flexibility index (Phi) is 17.9. The normalized spacial score (nSPS) is 22.9. The van der Waals surface area contributed by atoms with Crippen molar-refractivity contribution in [2.75, 3.05) is 20.7 Å². The van der Waals surface area contributed by atoms with E-state index in [1.807, 2.05) is 31.3 Å². The maximum atomic E-state index is 15.5. The lowest BCUT2D eigenvalue weighted by Gasteiger charge is -2.53. The summed E-state index contributed by atoms with van der Waals surface area (Å²) < 4.78 is 25.2. The van der Waals surface area contributed by atoms with Gasteiger partial charge in [-0.1, -0.05) is 99.3 Å². The van der Waals surface area contributed by atoms with Crippen molar-refractivity contribution in [1.29, 1.82) is 0 Å². The van der Waals surface area contributed by atoms with E-state index < -0.39 is 40.4 Å². The fourth-order valence-electron chi connectivity index (χ4n) is 11.3. The molecular formula is C59H92N2O8. The van der Waals surface area contributed by atoms with Gasteiger partial charge in [-0.15, -0.1) is 0 Å². The van der Waals surface area contributed by atoms with Crippen molar-refractivity contribution >= 4 is 17.9 Å². The highest BCUT2D eigenvalue weighted by Gasteiger charge is 2.53. The van der Waals surface area contributed by atoms with Crippen LogP contribution in [-0.4, -0.2) is 82.3 Å². The summed E-state index contributed by atoms with van der Waals surface area (Å²) in [5.74, 6) is 0.950. The van der Waals surface area contributed by atoms with Gasteiger partial charge in [0.05, 0.1) is 12.5 Å². The number of phenolic OH excluding ortho intramolecular Hbond substituents is 1. The quantitative estimate of drug-likeness (QED) is 0.0670. The maximum absolute atomic E-state index is 15.5. The molecule has 3 fully saturated rings. The number of hydrogen-bond acceptors (Lipinski definition) is 10. The summed E-state index contributed by atoms with van der Waals surface area (Å²) in [7, 11) is 4.15. The van der Waals surface area contributed by atoms with Crippen LogP contribution < -0.4 is 9.47 Å². The van der Waals surface area contributed by atoms with Crippen LogP contribution in [0.5, 0.6) is 17.2 Å². The van der Waals surface area contributed by atoms with Gasteiger partial charge in [0.1, 0.15) is 29.5 Å². The lowest BCUT2D eigenvalue weighted by atomic mass is 9.73. The van der Waals surface area contributed by atoms with E-state index in [0.29, 0.717) is 50.2 Å². The minimum absolute atomic E-state index is 0.0306. The number of ether oxygens (including phenoxy) is 4. The van der Waals surface area contributed by atoms with Crippen molar-refractivity contribution in [1.82, 2.24) is 9.80 Å². The number of rotatable bonds is 18. The molecule has 0 bridgehead atoms. The Morgan fingerprint density at radius 3 is 1.75 bits per heavy atom. The first-order valence-electron chi connectivity index (χ1n) is 26.4. The summed E-state index contributed by atoms with van der Waals surface area (Å²) in [6, 6.07) is 11.3. The predicted octanol–water partition coefficient (Wildman–Crippen LogP) is 13.2. The van der Waals surface area contributed by atoms with Gasteiger partial charge in [0.25, 0.3) is 0 Å². The van der Waals surface area contributed by atoms with Gasteiger partial charge in [-0.25, -0.2) is 0 Å². The first kappa shape index (κ1) is 55.9. The number of piperidine rings is 2. The molecule has 2 saturated heterocycles. The second-order valence-corrected chi connectivity index (χ2v) is 25.2. The van der Waals surface area contributed by atoms with Gasteiger partial charge in [-0.2, -0.15) is 0 Å². The first-order chi connectivity index (χ1) is 32.0. The molecule has 2 unspecified atom stereocenters. The Hall–Kier alpha value is -4.05. The van der Waals surface area contributed by atoms with Crippen molar-refractivity contribution in [3.8, 4) is 17.2 Å². The van der Waals surface area contributed by atoms with Crippen molar-refractivity contribution in [3.63, 3.8) is 0 Å². The molecule has 2 aromatic carbocycles. The summed E-state index contributed by atoms with van der Waals surface area (Å²) in [5, 5.41) is 11.7. The Balaban J connectivity index is 1.37. The zero-order valence-electron chi connectivity index (χ0n) is 45.7. The van der Waals surface area contributed by atoms with Gasteiger partial charge < -0.3 is 29.0 Å². The second-order valence-electron chi connectivity index (χ2n) is 25.2. The van der Waals surface area contributed by atoms with E-state index >= 15 is 9.59 Å². The third kappa shape index (κ3) is 14.1. The largest absolute Gasteiger partial charge is 0.507 e. The molecule has 1 N–H and O–H groups in total. The average Bonchev–Trinajstić information content (AvgIpc) is 3.24. The van der Waals surface area contributed by atoms with Crippen LogP contribution >= 0.6 is 0 Å². The lowest BCUT2D eigenvalue weighted by Crippen LogP contribution is -2.61. The zero-order valence-corrected chi connectivity index (χ0v) is 45.7. The first-order valence-corrected chi connectivity index (χ1v) is 26.4. The predicted molar refractivity (Wildman–Crippen MR) is 278 cm³/mol. The molecule has 10 nitrogen and oxygen atoms in total. The number of likely N-dealkylation sites (tertiary alicyclic amines) is 2. The Morgan fingerprint density at radius 1 is 0.725 bits per heavy atom. The average molecular weight is 957 g/mol. The smallest absolute Gasteiger partial charge is 0.324 e. The Morgan fingerprint density at radius 2 is 1.23 bits per heavy atom. The Labute approximate surface area is 417 Å².